The topological polar surface area (TPSA) is 55.8 Å². The Morgan fingerprint density at radius 3 is 2.50 bits per heavy atom. The highest BCUT2D eigenvalue weighted by Gasteiger charge is 2.13. The van der Waals surface area contributed by atoms with Crippen molar-refractivity contribution in [3.63, 3.8) is 0 Å². The summed E-state index contributed by atoms with van der Waals surface area (Å²) in [4.78, 5) is 24.3. The first-order chi connectivity index (χ1) is 9.52. The second kappa shape index (κ2) is 8.58. The lowest BCUT2D eigenvalue weighted by Crippen LogP contribution is -2.33. The van der Waals surface area contributed by atoms with Gasteiger partial charge in [-0.2, -0.15) is 0 Å². The number of ether oxygens (including phenoxy) is 2. The molecule has 0 saturated carbocycles. The van der Waals surface area contributed by atoms with Gasteiger partial charge in [0, 0.05) is 11.5 Å². The summed E-state index contributed by atoms with van der Waals surface area (Å²) in [7, 11) is 1.57. The van der Waals surface area contributed by atoms with Gasteiger partial charge in [0.25, 0.3) is 0 Å². The maximum Gasteiger partial charge on any atom is 0.325 e. The number of carbonyl (C=O) groups is 2. The summed E-state index contributed by atoms with van der Waals surface area (Å²) in [6, 6.07) is 7.36. The normalized spacial score (nSPS) is 9.95. The van der Waals surface area contributed by atoms with Crippen LogP contribution < -0.4 is 4.74 Å². The zero-order valence-corrected chi connectivity index (χ0v) is 13.2. The molecule has 0 aromatic heterocycles. The van der Waals surface area contributed by atoms with Gasteiger partial charge in [-0.25, -0.2) is 0 Å². The van der Waals surface area contributed by atoms with Crippen LogP contribution in [0.15, 0.2) is 28.7 Å². The van der Waals surface area contributed by atoms with E-state index >= 15 is 0 Å². The van der Waals surface area contributed by atoms with Crippen molar-refractivity contribution in [1.82, 2.24) is 4.90 Å². The summed E-state index contributed by atoms with van der Waals surface area (Å²) in [5.41, 5.74) is 0. The minimum Gasteiger partial charge on any atom is -0.493 e. The fourth-order valence-corrected chi connectivity index (χ4v) is 1.73. The van der Waals surface area contributed by atoms with Gasteiger partial charge in [-0.05, 0) is 31.2 Å². The molecule has 0 aliphatic rings. The van der Waals surface area contributed by atoms with Crippen LogP contribution in [0.25, 0.3) is 0 Å². The summed E-state index contributed by atoms with van der Waals surface area (Å²) in [6.45, 7) is 2.28. The van der Waals surface area contributed by atoms with E-state index in [2.05, 4.69) is 15.9 Å². The maximum atomic E-state index is 11.8. The fraction of sp³-hybridized carbons (Fsp3) is 0.429. The number of hydrogen-bond donors (Lipinski definition) is 0. The third-order valence-electron chi connectivity index (χ3n) is 2.50. The molecule has 0 N–H and O–H groups in total. The molecule has 20 heavy (non-hydrogen) atoms. The molecule has 0 bridgehead atoms. The van der Waals surface area contributed by atoms with Crippen molar-refractivity contribution in [3.8, 4) is 5.75 Å². The molecule has 1 rings (SSSR count). The van der Waals surface area contributed by atoms with Crippen LogP contribution in [0.5, 0.6) is 5.75 Å². The molecule has 0 aliphatic carbocycles. The molecular formula is C14H18BrNO4. The Bertz CT molecular complexity index is 447. The van der Waals surface area contributed by atoms with Crippen molar-refractivity contribution >= 4 is 27.8 Å². The third-order valence-corrected chi connectivity index (χ3v) is 3.02. The largest absolute Gasteiger partial charge is 0.493 e. The zero-order valence-electron chi connectivity index (χ0n) is 11.6. The van der Waals surface area contributed by atoms with E-state index in [1.54, 1.807) is 14.0 Å². The number of likely N-dealkylation sites (N-methyl/N-ethyl adjacent to an activating group) is 1. The van der Waals surface area contributed by atoms with Gasteiger partial charge in [0.1, 0.15) is 12.3 Å². The van der Waals surface area contributed by atoms with Crippen LogP contribution in [0.4, 0.5) is 0 Å². The molecular weight excluding hydrogens is 326 g/mol. The Labute approximate surface area is 127 Å². The second-order valence-electron chi connectivity index (χ2n) is 4.11. The number of esters is 1. The van der Waals surface area contributed by atoms with E-state index in [9.17, 15) is 9.59 Å². The summed E-state index contributed by atoms with van der Waals surface area (Å²) in [6.07, 6.45) is 0.214. The van der Waals surface area contributed by atoms with Crippen molar-refractivity contribution < 1.29 is 19.1 Å². The molecule has 0 heterocycles. The van der Waals surface area contributed by atoms with Gasteiger partial charge in [-0.15, -0.1) is 0 Å². The van der Waals surface area contributed by atoms with Gasteiger partial charge >= 0.3 is 5.97 Å². The molecule has 1 aromatic carbocycles. The number of carbonyl (C=O) groups excluding carboxylic acids is 2. The number of nitrogens with zero attached hydrogens (tertiary/aromatic N) is 1. The van der Waals surface area contributed by atoms with Crippen LogP contribution >= 0.6 is 15.9 Å². The molecule has 1 aromatic rings. The average molecular weight is 344 g/mol. The Kier molecular flexibility index (Phi) is 7.08. The molecule has 0 radical (unpaired) electrons. The Balaban J connectivity index is 2.28. The number of hydrogen-bond acceptors (Lipinski definition) is 4. The average Bonchev–Trinajstić information content (AvgIpc) is 2.41. The lowest BCUT2D eigenvalue weighted by molar-refractivity contribution is -0.148. The molecule has 0 aliphatic heterocycles. The third kappa shape index (κ3) is 6.06. The highest BCUT2D eigenvalue weighted by molar-refractivity contribution is 9.10. The van der Waals surface area contributed by atoms with E-state index in [1.807, 2.05) is 24.3 Å². The molecule has 1 amide bonds. The predicted octanol–water partition coefficient (Wildman–Crippen LogP) is 2.24. The molecule has 0 saturated heterocycles. The van der Waals surface area contributed by atoms with Crippen LogP contribution in [-0.4, -0.2) is 43.6 Å². The van der Waals surface area contributed by atoms with Gasteiger partial charge < -0.3 is 14.4 Å². The van der Waals surface area contributed by atoms with Crippen LogP contribution in [0.1, 0.15) is 13.3 Å². The minimum absolute atomic E-state index is 0.0367. The molecule has 110 valence electrons. The molecule has 5 nitrogen and oxygen atoms in total. The molecule has 6 heteroatoms. The standard InChI is InChI=1S/C14H18BrNO4/c1-3-19-14(18)10-16(2)13(17)8-9-20-12-6-4-11(15)5-7-12/h4-7H,3,8-10H2,1-2H3. The molecule has 0 fully saturated rings. The van der Waals surface area contributed by atoms with Crippen LogP contribution in [0.3, 0.4) is 0 Å². The van der Waals surface area contributed by atoms with E-state index in [1.165, 1.54) is 4.90 Å². The molecule has 0 atom stereocenters. The summed E-state index contributed by atoms with van der Waals surface area (Å²) >= 11 is 3.33. The van der Waals surface area contributed by atoms with E-state index in [-0.39, 0.29) is 25.5 Å². The Morgan fingerprint density at radius 1 is 1.25 bits per heavy atom. The van der Waals surface area contributed by atoms with Gasteiger partial charge in [0.2, 0.25) is 5.91 Å². The number of halogens is 1. The summed E-state index contributed by atoms with van der Waals surface area (Å²) in [5, 5.41) is 0. The van der Waals surface area contributed by atoms with Gasteiger partial charge in [0.05, 0.1) is 19.6 Å². The first-order valence-corrected chi connectivity index (χ1v) is 7.10. The van der Waals surface area contributed by atoms with E-state index < -0.39 is 5.97 Å². The highest BCUT2D eigenvalue weighted by atomic mass is 79.9. The van der Waals surface area contributed by atoms with E-state index in [0.717, 1.165) is 4.47 Å². The first kappa shape index (κ1) is 16.5. The Morgan fingerprint density at radius 2 is 1.90 bits per heavy atom. The lowest BCUT2D eigenvalue weighted by Gasteiger charge is -2.16. The van der Waals surface area contributed by atoms with Gasteiger partial charge in [0.15, 0.2) is 0 Å². The smallest absolute Gasteiger partial charge is 0.325 e. The van der Waals surface area contributed by atoms with Crippen molar-refractivity contribution in [3.05, 3.63) is 28.7 Å². The predicted molar refractivity (Wildman–Crippen MR) is 78.5 cm³/mol. The SMILES string of the molecule is CCOC(=O)CN(C)C(=O)CCOc1ccc(Br)cc1. The quantitative estimate of drug-likeness (QED) is 0.712. The molecule has 0 spiro atoms. The van der Waals surface area contributed by atoms with Crippen molar-refractivity contribution in [2.45, 2.75) is 13.3 Å². The fourth-order valence-electron chi connectivity index (χ4n) is 1.47. The van der Waals surface area contributed by atoms with Gasteiger partial charge in [-0.1, -0.05) is 15.9 Å². The first-order valence-electron chi connectivity index (χ1n) is 6.31. The lowest BCUT2D eigenvalue weighted by atomic mass is 10.3. The van der Waals surface area contributed by atoms with E-state index in [0.29, 0.717) is 12.4 Å². The number of rotatable bonds is 7. The monoisotopic (exact) mass is 343 g/mol. The van der Waals surface area contributed by atoms with E-state index in [4.69, 9.17) is 9.47 Å². The Hall–Kier alpha value is -1.56. The van der Waals surface area contributed by atoms with Crippen molar-refractivity contribution in [2.24, 2.45) is 0 Å². The number of benzene rings is 1. The zero-order chi connectivity index (χ0) is 15.0. The van der Waals surface area contributed by atoms with Crippen molar-refractivity contribution in [2.75, 3.05) is 26.8 Å². The molecule has 0 unspecified atom stereocenters. The highest BCUT2D eigenvalue weighted by Crippen LogP contribution is 2.16. The summed E-state index contributed by atoms with van der Waals surface area (Å²) < 4.78 is 11.2. The number of amides is 1. The summed E-state index contributed by atoms with van der Waals surface area (Å²) in [5.74, 6) is 0.140. The van der Waals surface area contributed by atoms with Crippen LogP contribution in [0, 0.1) is 0 Å². The van der Waals surface area contributed by atoms with Crippen LogP contribution in [-0.2, 0) is 14.3 Å². The van der Waals surface area contributed by atoms with Gasteiger partial charge in [-0.3, -0.25) is 9.59 Å². The minimum atomic E-state index is -0.405. The maximum absolute atomic E-state index is 11.8. The second-order valence-corrected chi connectivity index (χ2v) is 5.02. The van der Waals surface area contributed by atoms with Crippen molar-refractivity contribution in [1.29, 1.82) is 0 Å². The van der Waals surface area contributed by atoms with Crippen LogP contribution in [0.2, 0.25) is 0 Å².